The molecule has 0 saturated carbocycles. The Hall–Kier alpha value is -3.45. The quantitative estimate of drug-likeness (QED) is 0.563. The summed E-state index contributed by atoms with van der Waals surface area (Å²) in [6.45, 7) is 0.176. The Labute approximate surface area is 187 Å². The predicted octanol–water partition coefficient (Wildman–Crippen LogP) is 3.83. The second-order valence-corrected chi connectivity index (χ2v) is 7.76. The molecule has 7 nitrogen and oxygen atoms in total. The molecule has 1 fully saturated rings. The molecule has 0 bridgehead atoms. The first kappa shape index (κ1) is 23.7. The van der Waals surface area contributed by atoms with Crippen molar-refractivity contribution in [3.8, 4) is 0 Å². The molecular weight excluding hydrogens is 473 g/mol. The van der Waals surface area contributed by atoms with Crippen LogP contribution >= 0.6 is 0 Å². The molecule has 182 valence electrons. The van der Waals surface area contributed by atoms with E-state index in [1.165, 1.54) is 12.1 Å². The number of anilines is 1. The third kappa shape index (κ3) is 4.89. The number of nitrogens with one attached hydrogen (secondary N) is 1. The van der Waals surface area contributed by atoms with Gasteiger partial charge in [0.2, 0.25) is 5.91 Å². The van der Waals surface area contributed by atoms with E-state index in [0.29, 0.717) is 36.5 Å². The number of carbonyl (C=O) groups is 1. The van der Waals surface area contributed by atoms with Crippen LogP contribution in [0.15, 0.2) is 30.3 Å². The number of hydrogen-bond donors (Lipinski definition) is 1. The van der Waals surface area contributed by atoms with Crippen molar-refractivity contribution < 1.29 is 35.5 Å². The lowest BCUT2D eigenvalue weighted by molar-refractivity contribution is -0.146. The van der Waals surface area contributed by atoms with E-state index in [9.17, 15) is 35.5 Å². The minimum atomic E-state index is -4.77. The molecule has 34 heavy (non-hydrogen) atoms. The van der Waals surface area contributed by atoms with E-state index >= 15 is 0 Å². The van der Waals surface area contributed by atoms with Crippen LogP contribution in [-0.4, -0.2) is 38.8 Å². The van der Waals surface area contributed by atoms with Crippen molar-refractivity contribution in [2.24, 2.45) is 5.92 Å². The first-order valence-electron chi connectivity index (χ1n) is 10.1. The third-order valence-corrected chi connectivity index (χ3v) is 5.52. The number of alkyl halides is 6. The van der Waals surface area contributed by atoms with Crippen molar-refractivity contribution in [1.29, 1.82) is 0 Å². The number of amides is 1. The van der Waals surface area contributed by atoms with Gasteiger partial charge in [-0.1, -0.05) is 6.07 Å². The smallest absolute Gasteiger partial charge is 0.355 e. The van der Waals surface area contributed by atoms with Crippen LogP contribution < -0.4 is 10.2 Å². The van der Waals surface area contributed by atoms with Gasteiger partial charge in [-0.25, -0.2) is 4.39 Å². The number of aromatic nitrogens is 4. The lowest BCUT2D eigenvalue weighted by atomic mass is 9.95. The molecule has 1 aromatic carbocycles. The standard InChI is InChI=1S/C20H17F7N6O/c21-13-2-1-12(14(9-13)19(22,23)24)10-28-17(34)11-5-7-32(8-6-11)16-4-3-15-29-30-18(20(25,26)27)33(15)31-16/h1-4,9,11H,5-8,10H2,(H,28,34). The van der Waals surface area contributed by atoms with Gasteiger partial charge in [0.15, 0.2) is 5.65 Å². The summed E-state index contributed by atoms with van der Waals surface area (Å²) in [5.41, 5.74) is -1.48. The van der Waals surface area contributed by atoms with Gasteiger partial charge in [-0.3, -0.25) is 4.79 Å². The van der Waals surface area contributed by atoms with Crippen LogP contribution in [0.4, 0.5) is 36.6 Å². The molecule has 2 aromatic heterocycles. The number of nitrogens with zero attached hydrogens (tertiary/aromatic N) is 5. The zero-order chi connectivity index (χ0) is 24.7. The zero-order valence-electron chi connectivity index (χ0n) is 17.3. The van der Waals surface area contributed by atoms with Gasteiger partial charge in [-0.05, 0) is 42.7 Å². The van der Waals surface area contributed by atoms with Gasteiger partial charge in [-0.15, -0.1) is 15.3 Å². The summed E-state index contributed by atoms with van der Waals surface area (Å²) in [5.74, 6) is -3.00. The molecule has 1 aliphatic rings. The van der Waals surface area contributed by atoms with Gasteiger partial charge in [0.25, 0.3) is 5.82 Å². The topological polar surface area (TPSA) is 75.4 Å². The summed E-state index contributed by atoms with van der Waals surface area (Å²) in [6, 6.07) is 5.09. The van der Waals surface area contributed by atoms with Gasteiger partial charge in [0.1, 0.15) is 11.6 Å². The van der Waals surface area contributed by atoms with Crippen molar-refractivity contribution in [3.05, 3.63) is 53.1 Å². The number of benzene rings is 1. The Morgan fingerprint density at radius 1 is 1.00 bits per heavy atom. The monoisotopic (exact) mass is 490 g/mol. The molecular formula is C20H17F7N6O. The SMILES string of the molecule is O=C(NCc1ccc(F)cc1C(F)(F)F)C1CCN(c2ccc3nnc(C(F)(F)F)n3n2)CC1. The number of hydrogen-bond acceptors (Lipinski definition) is 5. The minimum Gasteiger partial charge on any atom is -0.355 e. The van der Waals surface area contributed by atoms with Crippen molar-refractivity contribution in [2.45, 2.75) is 31.7 Å². The van der Waals surface area contributed by atoms with Crippen LogP contribution in [0.1, 0.15) is 29.8 Å². The molecule has 0 aliphatic carbocycles. The Bertz CT molecular complexity index is 1200. The normalized spacial score (nSPS) is 15.7. The Balaban J connectivity index is 1.39. The molecule has 4 rings (SSSR count). The van der Waals surface area contributed by atoms with Crippen LogP contribution in [-0.2, 0) is 23.7 Å². The molecule has 0 atom stereocenters. The van der Waals surface area contributed by atoms with E-state index < -0.39 is 47.9 Å². The molecule has 0 radical (unpaired) electrons. The van der Waals surface area contributed by atoms with Gasteiger partial charge in [0.05, 0.1) is 5.56 Å². The van der Waals surface area contributed by atoms with E-state index in [2.05, 4.69) is 20.6 Å². The first-order chi connectivity index (χ1) is 15.9. The van der Waals surface area contributed by atoms with Crippen LogP contribution in [0.3, 0.4) is 0 Å². The van der Waals surface area contributed by atoms with E-state index in [1.807, 2.05) is 0 Å². The fourth-order valence-electron chi connectivity index (χ4n) is 3.79. The van der Waals surface area contributed by atoms with Gasteiger partial charge >= 0.3 is 12.4 Å². The second kappa shape index (κ2) is 8.72. The maximum absolute atomic E-state index is 13.2. The van der Waals surface area contributed by atoms with Crippen LogP contribution in [0.25, 0.3) is 5.65 Å². The lowest BCUT2D eigenvalue weighted by Crippen LogP contribution is -2.41. The van der Waals surface area contributed by atoms with Crippen molar-refractivity contribution in [1.82, 2.24) is 25.1 Å². The van der Waals surface area contributed by atoms with E-state index in [1.54, 1.807) is 4.90 Å². The summed E-state index contributed by atoms with van der Waals surface area (Å²) >= 11 is 0. The molecule has 1 saturated heterocycles. The Morgan fingerprint density at radius 2 is 1.71 bits per heavy atom. The van der Waals surface area contributed by atoms with Crippen LogP contribution in [0, 0.1) is 11.7 Å². The van der Waals surface area contributed by atoms with E-state index in [4.69, 9.17) is 0 Å². The average molecular weight is 490 g/mol. The fourth-order valence-corrected chi connectivity index (χ4v) is 3.79. The van der Waals surface area contributed by atoms with Gasteiger partial charge in [-0.2, -0.15) is 30.9 Å². The summed E-state index contributed by atoms with van der Waals surface area (Å²) in [6.07, 6.45) is -8.87. The minimum absolute atomic E-state index is 0.0654. The molecule has 3 heterocycles. The maximum Gasteiger partial charge on any atom is 0.453 e. The number of halogens is 7. The van der Waals surface area contributed by atoms with E-state index in [0.717, 1.165) is 12.1 Å². The summed E-state index contributed by atoms with van der Waals surface area (Å²) in [5, 5.41) is 13.0. The second-order valence-electron chi connectivity index (χ2n) is 7.76. The number of piperidine rings is 1. The molecule has 1 amide bonds. The zero-order valence-corrected chi connectivity index (χ0v) is 17.3. The largest absolute Gasteiger partial charge is 0.453 e. The molecule has 0 unspecified atom stereocenters. The predicted molar refractivity (Wildman–Crippen MR) is 104 cm³/mol. The molecule has 1 N–H and O–H groups in total. The van der Waals surface area contributed by atoms with Gasteiger partial charge in [0, 0.05) is 25.6 Å². The highest BCUT2D eigenvalue weighted by molar-refractivity contribution is 5.79. The number of fused-ring (bicyclic) bond motifs is 1. The highest BCUT2D eigenvalue weighted by atomic mass is 19.4. The Kier molecular flexibility index (Phi) is 6.08. The van der Waals surface area contributed by atoms with Crippen LogP contribution in [0.5, 0.6) is 0 Å². The maximum atomic E-state index is 13.2. The molecule has 0 spiro atoms. The first-order valence-corrected chi connectivity index (χ1v) is 10.1. The summed E-state index contributed by atoms with van der Waals surface area (Å²) in [7, 11) is 0. The van der Waals surface area contributed by atoms with Crippen molar-refractivity contribution >= 4 is 17.4 Å². The molecule has 3 aromatic rings. The number of rotatable bonds is 4. The molecule has 1 aliphatic heterocycles. The highest BCUT2D eigenvalue weighted by Gasteiger charge is 2.38. The van der Waals surface area contributed by atoms with Crippen LogP contribution in [0.2, 0.25) is 0 Å². The third-order valence-electron chi connectivity index (χ3n) is 5.52. The molecule has 14 heteroatoms. The Morgan fingerprint density at radius 3 is 2.35 bits per heavy atom. The lowest BCUT2D eigenvalue weighted by Gasteiger charge is -2.32. The highest BCUT2D eigenvalue weighted by Crippen LogP contribution is 2.33. The van der Waals surface area contributed by atoms with Crippen molar-refractivity contribution in [2.75, 3.05) is 18.0 Å². The summed E-state index contributed by atoms with van der Waals surface area (Å²) in [4.78, 5) is 14.2. The van der Waals surface area contributed by atoms with Gasteiger partial charge < -0.3 is 10.2 Å². The average Bonchev–Trinajstić information content (AvgIpc) is 3.21. The van der Waals surface area contributed by atoms with Crippen molar-refractivity contribution in [3.63, 3.8) is 0 Å². The fraction of sp³-hybridized carbons (Fsp3) is 0.400. The van der Waals surface area contributed by atoms with E-state index in [-0.39, 0.29) is 17.0 Å². The number of carbonyl (C=O) groups excluding carboxylic acids is 1. The summed E-state index contributed by atoms with van der Waals surface area (Å²) < 4.78 is 92.4.